The van der Waals surface area contributed by atoms with E-state index in [1.54, 1.807) is 38.5 Å². The Balaban J connectivity index is 1.76. The minimum atomic E-state index is -0.236. The molecule has 1 N–H and O–H groups in total. The lowest BCUT2D eigenvalue weighted by molar-refractivity contribution is -0.122. The maximum atomic E-state index is 11.7. The summed E-state index contributed by atoms with van der Waals surface area (Å²) in [7, 11) is 3.19. The minimum Gasteiger partial charge on any atom is -0.497 e. The molecule has 0 saturated heterocycles. The predicted molar refractivity (Wildman–Crippen MR) is 91.4 cm³/mol. The van der Waals surface area contributed by atoms with Crippen LogP contribution in [0.3, 0.4) is 0 Å². The maximum Gasteiger partial charge on any atom is 0.258 e. The van der Waals surface area contributed by atoms with Crippen LogP contribution in [0.2, 0.25) is 0 Å². The highest BCUT2D eigenvalue weighted by Gasteiger charge is 2.02. The van der Waals surface area contributed by atoms with Gasteiger partial charge in [0.2, 0.25) is 0 Å². The Morgan fingerprint density at radius 2 is 1.71 bits per heavy atom. The highest BCUT2D eigenvalue weighted by Crippen LogP contribution is 2.17. The monoisotopic (exact) mass is 325 g/mol. The normalized spacial score (nSPS) is 9.42. The van der Waals surface area contributed by atoms with Crippen molar-refractivity contribution >= 4 is 5.91 Å². The third-order valence-corrected chi connectivity index (χ3v) is 3.13. The zero-order valence-corrected chi connectivity index (χ0v) is 13.7. The standard InChI is InChI=1S/C19H19NO4/c1-22-16-9-11-17(12-10-16)24-14-19(21)20-13-5-7-15-6-3-4-8-18(15)23-2/h3-4,6,8-12H,13-14H2,1-2H3,(H,20,21). The predicted octanol–water partition coefficient (Wildman–Crippen LogP) is 2.25. The van der Waals surface area contributed by atoms with E-state index in [1.807, 2.05) is 24.3 Å². The molecule has 5 nitrogen and oxygen atoms in total. The smallest absolute Gasteiger partial charge is 0.258 e. The van der Waals surface area contributed by atoms with Crippen LogP contribution in [0.4, 0.5) is 0 Å². The van der Waals surface area contributed by atoms with Crippen LogP contribution >= 0.6 is 0 Å². The van der Waals surface area contributed by atoms with Crippen molar-refractivity contribution in [2.75, 3.05) is 27.4 Å². The van der Waals surface area contributed by atoms with Gasteiger partial charge < -0.3 is 19.5 Å². The van der Waals surface area contributed by atoms with Gasteiger partial charge in [-0.3, -0.25) is 4.79 Å². The van der Waals surface area contributed by atoms with E-state index in [4.69, 9.17) is 14.2 Å². The first-order chi connectivity index (χ1) is 11.7. The minimum absolute atomic E-state index is 0.0668. The van der Waals surface area contributed by atoms with E-state index >= 15 is 0 Å². The first-order valence-corrected chi connectivity index (χ1v) is 7.38. The summed E-state index contributed by atoms with van der Waals surface area (Å²) in [5, 5.41) is 2.68. The molecule has 0 aliphatic rings. The first-order valence-electron chi connectivity index (χ1n) is 7.38. The van der Waals surface area contributed by atoms with Crippen LogP contribution < -0.4 is 19.5 Å². The number of carbonyl (C=O) groups is 1. The van der Waals surface area contributed by atoms with Gasteiger partial charge in [0.15, 0.2) is 6.61 Å². The van der Waals surface area contributed by atoms with E-state index in [9.17, 15) is 4.79 Å². The van der Waals surface area contributed by atoms with Gasteiger partial charge in [-0.05, 0) is 36.4 Å². The average molecular weight is 325 g/mol. The molecule has 0 heterocycles. The average Bonchev–Trinajstić information content (AvgIpc) is 2.64. The van der Waals surface area contributed by atoms with Gasteiger partial charge in [-0.15, -0.1) is 0 Å². The number of para-hydroxylation sites is 1. The lowest BCUT2D eigenvalue weighted by atomic mass is 10.2. The third-order valence-electron chi connectivity index (χ3n) is 3.13. The number of hydrogen-bond acceptors (Lipinski definition) is 4. The van der Waals surface area contributed by atoms with Crippen LogP contribution in [0.15, 0.2) is 48.5 Å². The number of rotatable bonds is 6. The Morgan fingerprint density at radius 1 is 1.00 bits per heavy atom. The van der Waals surface area contributed by atoms with Crippen LogP contribution in [0.5, 0.6) is 17.2 Å². The van der Waals surface area contributed by atoms with Gasteiger partial charge in [0.1, 0.15) is 17.2 Å². The Hall–Kier alpha value is -3.13. The topological polar surface area (TPSA) is 56.8 Å². The molecule has 0 radical (unpaired) electrons. The van der Waals surface area contributed by atoms with Crippen LogP contribution in [0.25, 0.3) is 0 Å². The number of ether oxygens (including phenoxy) is 3. The van der Waals surface area contributed by atoms with E-state index in [1.165, 1.54) is 0 Å². The summed E-state index contributed by atoms with van der Waals surface area (Å²) in [6.45, 7) is 0.172. The molecule has 0 fully saturated rings. The van der Waals surface area contributed by atoms with E-state index in [0.29, 0.717) is 11.5 Å². The molecule has 2 aromatic carbocycles. The fraction of sp³-hybridized carbons (Fsp3) is 0.211. The molecular formula is C19H19NO4. The third kappa shape index (κ3) is 5.25. The Morgan fingerprint density at radius 3 is 2.42 bits per heavy atom. The molecule has 0 atom stereocenters. The summed E-state index contributed by atoms with van der Waals surface area (Å²) in [5.41, 5.74) is 0.781. The summed E-state index contributed by atoms with van der Waals surface area (Å²) < 4.78 is 15.6. The van der Waals surface area contributed by atoms with Gasteiger partial charge in [-0.25, -0.2) is 0 Å². The first kappa shape index (κ1) is 17.2. The Kier molecular flexibility index (Phi) is 6.54. The molecule has 24 heavy (non-hydrogen) atoms. The van der Waals surface area contributed by atoms with E-state index in [2.05, 4.69) is 17.2 Å². The van der Waals surface area contributed by atoms with Gasteiger partial charge in [0, 0.05) is 0 Å². The maximum absolute atomic E-state index is 11.7. The lowest BCUT2D eigenvalue weighted by Gasteiger charge is -2.06. The van der Waals surface area contributed by atoms with Crippen LogP contribution in [-0.4, -0.2) is 33.3 Å². The zero-order chi connectivity index (χ0) is 17.2. The second-order valence-electron chi connectivity index (χ2n) is 4.74. The quantitative estimate of drug-likeness (QED) is 0.828. The number of benzene rings is 2. The number of nitrogens with one attached hydrogen (secondary N) is 1. The van der Waals surface area contributed by atoms with Crippen molar-refractivity contribution in [1.29, 1.82) is 0 Å². The Bertz CT molecular complexity index is 729. The largest absolute Gasteiger partial charge is 0.497 e. The lowest BCUT2D eigenvalue weighted by Crippen LogP contribution is -2.29. The molecule has 2 rings (SSSR count). The van der Waals surface area contributed by atoms with Crippen molar-refractivity contribution in [3.05, 3.63) is 54.1 Å². The van der Waals surface area contributed by atoms with Crippen molar-refractivity contribution in [2.45, 2.75) is 0 Å². The second kappa shape index (κ2) is 9.11. The fourth-order valence-electron chi connectivity index (χ4n) is 1.90. The van der Waals surface area contributed by atoms with E-state index in [-0.39, 0.29) is 19.1 Å². The highest BCUT2D eigenvalue weighted by atomic mass is 16.5. The number of methoxy groups -OCH3 is 2. The van der Waals surface area contributed by atoms with Crippen molar-refractivity contribution in [2.24, 2.45) is 0 Å². The second-order valence-corrected chi connectivity index (χ2v) is 4.74. The van der Waals surface area contributed by atoms with Crippen LogP contribution in [-0.2, 0) is 4.79 Å². The van der Waals surface area contributed by atoms with E-state index < -0.39 is 0 Å². The zero-order valence-electron chi connectivity index (χ0n) is 13.7. The molecule has 2 aromatic rings. The van der Waals surface area contributed by atoms with Crippen molar-refractivity contribution < 1.29 is 19.0 Å². The molecule has 0 aliphatic carbocycles. The molecule has 0 unspecified atom stereocenters. The molecule has 0 spiro atoms. The molecule has 5 heteroatoms. The van der Waals surface area contributed by atoms with Gasteiger partial charge in [0.05, 0.1) is 26.3 Å². The van der Waals surface area contributed by atoms with Gasteiger partial charge in [-0.2, -0.15) is 0 Å². The highest BCUT2D eigenvalue weighted by molar-refractivity contribution is 5.77. The number of amides is 1. The summed E-state index contributed by atoms with van der Waals surface area (Å²) in [4.78, 5) is 11.7. The van der Waals surface area contributed by atoms with Crippen LogP contribution in [0, 0.1) is 11.8 Å². The van der Waals surface area contributed by atoms with Gasteiger partial charge in [-0.1, -0.05) is 24.0 Å². The summed E-state index contributed by atoms with van der Waals surface area (Å²) >= 11 is 0. The molecule has 0 saturated carbocycles. The van der Waals surface area contributed by atoms with Crippen molar-refractivity contribution in [3.63, 3.8) is 0 Å². The van der Waals surface area contributed by atoms with Gasteiger partial charge >= 0.3 is 0 Å². The molecule has 0 aromatic heterocycles. The molecule has 0 aliphatic heterocycles. The van der Waals surface area contributed by atoms with Crippen molar-refractivity contribution in [1.82, 2.24) is 5.32 Å². The molecule has 1 amide bonds. The summed E-state index contributed by atoms with van der Waals surface area (Å²) in [6.07, 6.45) is 0. The van der Waals surface area contributed by atoms with E-state index in [0.717, 1.165) is 11.3 Å². The molecule has 0 bridgehead atoms. The number of carbonyl (C=O) groups excluding carboxylic acids is 1. The van der Waals surface area contributed by atoms with Crippen molar-refractivity contribution in [3.8, 4) is 29.1 Å². The summed E-state index contributed by atoms with van der Waals surface area (Å²) in [6, 6.07) is 14.5. The SMILES string of the molecule is COc1ccc(OCC(=O)NCC#Cc2ccccc2OC)cc1. The number of hydrogen-bond donors (Lipinski definition) is 1. The van der Waals surface area contributed by atoms with Gasteiger partial charge in [0.25, 0.3) is 5.91 Å². The van der Waals surface area contributed by atoms with Crippen LogP contribution in [0.1, 0.15) is 5.56 Å². The Labute approximate surface area is 141 Å². The summed E-state index contributed by atoms with van der Waals surface area (Å²) in [5.74, 6) is 7.66. The molecular weight excluding hydrogens is 306 g/mol. The molecule has 124 valence electrons. The fourth-order valence-corrected chi connectivity index (χ4v) is 1.90.